The molecular weight excluding hydrogens is 281 g/mol. The van der Waals surface area contributed by atoms with Gasteiger partial charge in [-0.3, -0.25) is 0 Å². The molecule has 0 unspecified atom stereocenters. The normalized spacial score (nSPS) is 35.3. The average molecular weight is 294 g/mol. The average Bonchev–Trinajstić information content (AvgIpc) is 2.31. The summed E-state index contributed by atoms with van der Waals surface area (Å²) >= 11 is 0. The number of halogens is 3. The number of carboxylic acid groups (broad SMARTS) is 1. The number of rotatable bonds is 1. The fourth-order valence-electron chi connectivity index (χ4n) is 1.03. The lowest BCUT2D eigenvalue weighted by molar-refractivity contribution is -0.331. The molecule has 1 rings (SSSR count). The van der Waals surface area contributed by atoms with Crippen molar-refractivity contribution >= 4 is 5.97 Å². The number of hydrogen-bond acceptors (Lipinski definition) is 7. The summed E-state index contributed by atoms with van der Waals surface area (Å²) < 4.78 is 36.3. The summed E-state index contributed by atoms with van der Waals surface area (Å²) in [6.45, 7) is -1.16. The number of hydrogen-bond donors (Lipinski definition) is 6. The van der Waals surface area contributed by atoms with Crippen molar-refractivity contribution in [3.05, 3.63) is 0 Å². The van der Waals surface area contributed by atoms with Crippen LogP contribution < -0.4 is 0 Å². The molecule has 0 aliphatic carbocycles. The van der Waals surface area contributed by atoms with Crippen molar-refractivity contribution in [1.82, 2.24) is 0 Å². The Kier molecular flexibility index (Phi) is 6.12. The molecule has 0 aromatic carbocycles. The molecule has 6 N–H and O–H groups in total. The zero-order valence-electron chi connectivity index (χ0n) is 9.28. The monoisotopic (exact) mass is 294 g/mol. The second-order valence-corrected chi connectivity index (χ2v) is 3.62. The van der Waals surface area contributed by atoms with Crippen LogP contribution in [0.3, 0.4) is 0 Å². The lowest BCUT2D eigenvalue weighted by Gasteiger charge is -2.40. The maximum atomic E-state index is 10.6. The molecule has 0 amide bonds. The second-order valence-electron chi connectivity index (χ2n) is 3.62. The minimum atomic E-state index is -5.08. The van der Waals surface area contributed by atoms with E-state index in [0.29, 0.717) is 0 Å². The minimum Gasteiger partial charge on any atom is -0.475 e. The van der Waals surface area contributed by atoms with Crippen molar-refractivity contribution in [1.29, 1.82) is 0 Å². The summed E-state index contributed by atoms with van der Waals surface area (Å²) in [6, 6.07) is 0. The van der Waals surface area contributed by atoms with E-state index >= 15 is 0 Å². The number of aliphatic carboxylic acids is 1. The van der Waals surface area contributed by atoms with E-state index < -0.39 is 42.9 Å². The van der Waals surface area contributed by atoms with Gasteiger partial charge in [0.25, 0.3) is 0 Å². The molecule has 0 radical (unpaired) electrons. The van der Waals surface area contributed by atoms with Gasteiger partial charge in [0.05, 0.1) is 13.2 Å². The molecule has 1 saturated heterocycles. The van der Waals surface area contributed by atoms with Crippen LogP contribution in [0, 0.1) is 0 Å². The van der Waals surface area contributed by atoms with Crippen LogP contribution in [0.15, 0.2) is 0 Å². The zero-order valence-corrected chi connectivity index (χ0v) is 9.28. The summed E-state index contributed by atoms with van der Waals surface area (Å²) in [7, 11) is 0. The highest BCUT2D eigenvalue weighted by molar-refractivity contribution is 5.73. The summed E-state index contributed by atoms with van der Waals surface area (Å²) in [4.78, 5) is 8.90. The van der Waals surface area contributed by atoms with Crippen molar-refractivity contribution in [2.75, 3.05) is 13.2 Å². The number of carbonyl (C=O) groups is 1. The molecule has 8 nitrogen and oxygen atoms in total. The van der Waals surface area contributed by atoms with Gasteiger partial charge >= 0.3 is 12.1 Å². The standard InChI is InChI=1S/C6H12O6.C2HF3O2/c7-2-6(11)5(10)4(9)3(8)1-12-6;3-2(4,5)1(6)7/h3-5,7-11H,1-2H2;(H,6,7)/t3-,4-,5+,6+;/m1./s1. The molecule has 0 aromatic rings. The van der Waals surface area contributed by atoms with Gasteiger partial charge in [-0.15, -0.1) is 0 Å². The molecule has 19 heavy (non-hydrogen) atoms. The van der Waals surface area contributed by atoms with E-state index in [1.165, 1.54) is 0 Å². The molecule has 1 fully saturated rings. The Morgan fingerprint density at radius 2 is 1.74 bits per heavy atom. The Hall–Kier alpha value is -0.980. The van der Waals surface area contributed by atoms with E-state index in [0.717, 1.165) is 0 Å². The lowest BCUT2D eigenvalue weighted by Crippen LogP contribution is -2.62. The second kappa shape index (κ2) is 6.45. The lowest BCUT2D eigenvalue weighted by atomic mass is 9.98. The highest BCUT2D eigenvalue weighted by atomic mass is 19.4. The van der Waals surface area contributed by atoms with Crippen LogP contribution in [-0.4, -0.2) is 80.1 Å². The van der Waals surface area contributed by atoms with E-state index in [-0.39, 0.29) is 6.61 Å². The molecule has 4 atom stereocenters. The first-order chi connectivity index (χ1) is 8.45. The van der Waals surface area contributed by atoms with Crippen LogP contribution in [0.25, 0.3) is 0 Å². The predicted molar refractivity (Wildman–Crippen MR) is 49.7 cm³/mol. The fraction of sp³-hybridized carbons (Fsp3) is 0.875. The van der Waals surface area contributed by atoms with Crippen LogP contribution in [0.2, 0.25) is 0 Å². The number of aliphatic hydroxyl groups is 5. The van der Waals surface area contributed by atoms with Gasteiger partial charge in [-0.1, -0.05) is 0 Å². The van der Waals surface area contributed by atoms with E-state index in [1.807, 2.05) is 0 Å². The Balaban J connectivity index is 0.000000399. The molecular formula is C8H13F3O8. The van der Waals surface area contributed by atoms with Crippen LogP contribution in [0.1, 0.15) is 0 Å². The highest BCUT2D eigenvalue weighted by Gasteiger charge is 2.47. The van der Waals surface area contributed by atoms with Crippen molar-refractivity contribution < 1.29 is 53.3 Å². The molecule has 1 aliphatic heterocycles. The van der Waals surface area contributed by atoms with E-state index in [9.17, 15) is 18.3 Å². The van der Waals surface area contributed by atoms with E-state index in [1.54, 1.807) is 0 Å². The third-order valence-electron chi connectivity index (χ3n) is 2.15. The van der Waals surface area contributed by atoms with Crippen molar-refractivity contribution in [3.8, 4) is 0 Å². The van der Waals surface area contributed by atoms with E-state index in [4.69, 9.17) is 30.3 Å². The van der Waals surface area contributed by atoms with Gasteiger partial charge in [-0.2, -0.15) is 13.2 Å². The number of carboxylic acids is 1. The third-order valence-corrected chi connectivity index (χ3v) is 2.15. The van der Waals surface area contributed by atoms with Gasteiger partial charge in [0.1, 0.15) is 18.3 Å². The van der Waals surface area contributed by atoms with Gasteiger partial charge in [0.2, 0.25) is 5.79 Å². The highest BCUT2D eigenvalue weighted by Crippen LogP contribution is 2.22. The molecule has 11 heteroatoms. The molecule has 0 aromatic heterocycles. The van der Waals surface area contributed by atoms with Crippen LogP contribution in [0.4, 0.5) is 13.2 Å². The van der Waals surface area contributed by atoms with E-state index in [2.05, 4.69) is 4.74 Å². The Bertz CT molecular complexity index is 309. The van der Waals surface area contributed by atoms with Gasteiger partial charge in [0, 0.05) is 0 Å². The summed E-state index contributed by atoms with van der Waals surface area (Å²) in [5.41, 5.74) is 0. The summed E-state index contributed by atoms with van der Waals surface area (Å²) in [5.74, 6) is -4.92. The summed E-state index contributed by atoms with van der Waals surface area (Å²) in [5, 5.41) is 52.1. The first kappa shape index (κ1) is 18.0. The first-order valence-corrected chi connectivity index (χ1v) is 4.77. The maximum absolute atomic E-state index is 10.6. The molecule has 0 bridgehead atoms. The molecule has 0 saturated carbocycles. The number of aliphatic hydroxyl groups excluding tert-OH is 4. The molecule has 1 heterocycles. The minimum absolute atomic E-state index is 0.324. The van der Waals surface area contributed by atoms with Crippen LogP contribution in [-0.2, 0) is 9.53 Å². The maximum Gasteiger partial charge on any atom is 0.490 e. The van der Waals surface area contributed by atoms with Gasteiger partial charge < -0.3 is 35.4 Å². The third kappa shape index (κ3) is 4.89. The smallest absolute Gasteiger partial charge is 0.475 e. The van der Waals surface area contributed by atoms with Crippen LogP contribution >= 0.6 is 0 Å². The largest absolute Gasteiger partial charge is 0.490 e. The van der Waals surface area contributed by atoms with Gasteiger partial charge in [-0.05, 0) is 0 Å². The number of alkyl halides is 3. The molecule has 114 valence electrons. The molecule has 1 aliphatic rings. The number of ether oxygens (including phenoxy) is 1. The Labute approximate surface area is 104 Å². The SMILES string of the molecule is O=C(O)C(F)(F)F.OC[C@]1(O)OC[C@@H](O)[C@@H](O)[C@@H]1O. The van der Waals surface area contributed by atoms with Crippen molar-refractivity contribution in [2.24, 2.45) is 0 Å². The van der Waals surface area contributed by atoms with Gasteiger partial charge in [-0.25, -0.2) is 4.79 Å². The van der Waals surface area contributed by atoms with Crippen molar-refractivity contribution in [3.63, 3.8) is 0 Å². The Morgan fingerprint density at radius 3 is 2.05 bits per heavy atom. The summed E-state index contributed by atoms with van der Waals surface area (Å²) in [6.07, 6.45) is -9.53. The molecule has 0 spiro atoms. The zero-order chi connectivity index (χ0) is 15.4. The van der Waals surface area contributed by atoms with Gasteiger partial charge in [0.15, 0.2) is 0 Å². The Morgan fingerprint density at radius 1 is 1.32 bits per heavy atom. The quantitative estimate of drug-likeness (QED) is 0.309. The topological polar surface area (TPSA) is 148 Å². The van der Waals surface area contributed by atoms with Crippen LogP contribution in [0.5, 0.6) is 0 Å². The van der Waals surface area contributed by atoms with Crippen molar-refractivity contribution in [2.45, 2.75) is 30.3 Å². The first-order valence-electron chi connectivity index (χ1n) is 4.77. The predicted octanol–water partition coefficient (Wildman–Crippen LogP) is -2.59. The fourth-order valence-corrected chi connectivity index (χ4v) is 1.03.